The molecule has 1 atom stereocenters. The molecule has 0 saturated heterocycles. The first-order valence-electron chi connectivity index (χ1n) is 4.05. The van der Waals surface area contributed by atoms with E-state index in [0.717, 1.165) is 13.8 Å². The number of benzene rings is 1. The molecule has 0 aliphatic heterocycles. The number of halogens is 5. The van der Waals surface area contributed by atoms with Gasteiger partial charge in [0.15, 0.2) is 0 Å². The highest BCUT2D eigenvalue weighted by atomic mass is 31.2. The Morgan fingerprint density at radius 2 is 1.24 bits per heavy atom. The first-order valence-corrected chi connectivity index (χ1v) is 6.04. The van der Waals surface area contributed by atoms with Crippen LogP contribution >= 0.6 is 7.60 Å². The van der Waals surface area contributed by atoms with Crippen LogP contribution in [0.3, 0.4) is 0 Å². The lowest BCUT2D eigenvalue weighted by Crippen LogP contribution is -2.06. The summed E-state index contributed by atoms with van der Waals surface area (Å²) < 4.78 is 83.8. The summed E-state index contributed by atoms with van der Waals surface area (Å²) in [5.74, 6) is -12.7. The van der Waals surface area contributed by atoms with Gasteiger partial charge in [-0.2, -0.15) is 8.78 Å². The van der Waals surface area contributed by atoms with E-state index in [-0.39, 0.29) is 0 Å². The van der Waals surface area contributed by atoms with Crippen molar-refractivity contribution >= 4 is 7.60 Å². The van der Waals surface area contributed by atoms with Crippen LogP contribution in [-0.4, -0.2) is 13.8 Å². The van der Waals surface area contributed by atoms with Crippen molar-refractivity contribution in [2.75, 3.05) is 13.8 Å². The Morgan fingerprint density at radius 3 is 1.59 bits per heavy atom. The minimum atomic E-state index is -3.94. The lowest BCUT2D eigenvalue weighted by molar-refractivity contribution is 0.300. The molecule has 0 heterocycles. The quantitative estimate of drug-likeness (QED) is 0.368. The Labute approximate surface area is 92.7 Å². The van der Waals surface area contributed by atoms with Crippen LogP contribution in [0.4, 0.5) is 22.0 Å². The molecule has 0 N–H and O–H groups in total. The number of hydrogen-bond donors (Lipinski definition) is 0. The summed E-state index contributed by atoms with van der Waals surface area (Å²) in [5.41, 5.74) is 0. The highest BCUT2D eigenvalue weighted by molar-refractivity contribution is 7.53. The maximum absolute atomic E-state index is 13.0. The fourth-order valence-corrected chi connectivity index (χ4v) is 1.43. The summed E-state index contributed by atoms with van der Waals surface area (Å²) in [5, 5.41) is 0. The van der Waals surface area contributed by atoms with Gasteiger partial charge in [0.2, 0.25) is 34.8 Å². The van der Waals surface area contributed by atoms with E-state index < -0.39 is 42.4 Å². The van der Waals surface area contributed by atoms with Crippen LogP contribution in [0.1, 0.15) is 0 Å². The zero-order valence-electron chi connectivity index (χ0n) is 8.56. The molecule has 0 saturated carbocycles. The molecule has 96 valence electrons. The summed E-state index contributed by atoms with van der Waals surface area (Å²) in [6, 6.07) is 0. The lowest BCUT2D eigenvalue weighted by Gasteiger charge is -2.14. The molecule has 0 spiro atoms. The predicted octanol–water partition coefficient (Wildman–Crippen LogP) is 3.23. The van der Waals surface area contributed by atoms with Gasteiger partial charge in [0.1, 0.15) is 0 Å². The second kappa shape index (κ2) is 4.62. The average molecular weight is 276 g/mol. The van der Waals surface area contributed by atoms with Gasteiger partial charge in [0, 0.05) is 13.8 Å². The zero-order chi connectivity index (χ0) is 13.4. The Morgan fingerprint density at radius 1 is 0.882 bits per heavy atom. The SMILES string of the molecule is COP(C)(=O)Oc1c(F)c(F)c(F)c(F)c1F. The second-order valence-corrected chi connectivity index (χ2v) is 5.03. The van der Waals surface area contributed by atoms with Crippen LogP contribution < -0.4 is 4.52 Å². The monoisotopic (exact) mass is 276 g/mol. The van der Waals surface area contributed by atoms with Gasteiger partial charge in [0.25, 0.3) is 0 Å². The zero-order valence-corrected chi connectivity index (χ0v) is 9.46. The van der Waals surface area contributed by atoms with Gasteiger partial charge in [0.05, 0.1) is 0 Å². The van der Waals surface area contributed by atoms with Gasteiger partial charge in [-0.15, -0.1) is 0 Å². The van der Waals surface area contributed by atoms with Crippen molar-refractivity contribution in [2.45, 2.75) is 0 Å². The molecule has 1 aromatic carbocycles. The summed E-state index contributed by atoms with van der Waals surface area (Å²) >= 11 is 0. The third-order valence-electron chi connectivity index (χ3n) is 1.76. The van der Waals surface area contributed by atoms with Crippen LogP contribution in [0.2, 0.25) is 0 Å². The smallest absolute Gasteiger partial charge is 0.376 e. The van der Waals surface area contributed by atoms with Crippen molar-refractivity contribution < 1.29 is 35.6 Å². The molecular weight excluding hydrogens is 270 g/mol. The molecule has 0 amide bonds. The van der Waals surface area contributed by atoms with E-state index in [1.54, 1.807) is 0 Å². The summed E-state index contributed by atoms with van der Waals surface area (Å²) in [4.78, 5) is 0. The van der Waals surface area contributed by atoms with E-state index in [1.165, 1.54) is 0 Å². The molecule has 1 rings (SSSR count). The Balaban J connectivity index is 3.40. The second-order valence-electron chi connectivity index (χ2n) is 2.94. The van der Waals surface area contributed by atoms with Crippen molar-refractivity contribution in [2.24, 2.45) is 0 Å². The van der Waals surface area contributed by atoms with Gasteiger partial charge < -0.3 is 9.05 Å². The van der Waals surface area contributed by atoms with Gasteiger partial charge in [-0.1, -0.05) is 0 Å². The number of hydrogen-bond acceptors (Lipinski definition) is 3. The normalized spacial score (nSPS) is 14.5. The Bertz CT molecular complexity index is 475. The average Bonchev–Trinajstić information content (AvgIpc) is 2.30. The number of rotatable bonds is 3. The molecule has 3 nitrogen and oxygen atoms in total. The molecule has 0 aromatic heterocycles. The van der Waals surface area contributed by atoms with Crippen LogP contribution in [0.5, 0.6) is 5.75 Å². The third kappa shape index (κ3) is 2.58. The fourth-order valence-electron chi connectivity index (χ4n) is 0.868. The molecule has 0 bridgehead atoms. The third-order valence-corrected chi connectivity index (χ3v) is 2.94. The van der Waals surface area contributed by atoms with E-state index in [1.807, 2.05) is 0 Å². The van der Waals surface area contributed by atoms with E-state index in [4.69, 9.17) is 0 Å². The van der Waals surface area contributed by atoms with Crippen LogP contribution in [0, 0.1) is 29.1 Å². The standard InChI is InChI=1S/C8H6F5O3P/c1-15-17(2,14)16-8-6(12)4(10)3(9)5(11)7(8)13/h1-2H3. The highest BCUT2D eigenvalue weighted by Gasteiger charge is 2.30. The van der Waals surface area contributed by atoms with Gasteiger partial charge in [-0.3, -0.25) is 0 Å². The van der Waals surface area contributed by atoms with E-state index in [2.05, 4.69) is 9.05 Å². The summed E-state index contributed by atoms with van der Waals surface area (Å²) in [6.45, 7) is 0.811. The summed E-state index contributed by atoms with van der Waals surface area (Å²) in [7, 11) is -3.04. The minimum absolute atomic E-state index is 0.811. The van der Waals surface area contributed by atoms with E-state index in [9.17, 15) is 26.5 Å². The van der Waals surface area contributed by atoms with E-state index >= 15 is 0 Å². The van der Waals surface area contributed by atoms with Crippen molar-refractivity contribution in [1.82, 2.24) is 0 Å². The molecule has 1 unspecified atom stereocenters. The van der Waals surface area contributed by atoms with Gasteiger partial charge in [-0.25, -0.2) is 17.7 Å². The predicted molar refractivity (Wildman–Crippen MR) is 47.4 cm³/mol. The molecule has 0 radical (unpaired) electrons. The molecule has 0 fully saturated rings. The van der Waals surface area contributed by atoms with Crippen molar-refractivity contribution in [1.29, 1.82) is 0 Å². The maximum Gasteiger partial charge on any atom is 0.376 e. The minimum Gasteiger partial charge on any atom is -0.418 e. The molecular formula is C8H6F5O3P. The highest BCUT2D eigenvalue weighted by Crippen LogP contribution is 2.45. The first kappa shape index (κ1) is 13.9. The van der Waals surface area contributed by atoms with Crippen LogP contribution in [0.25, 0.3) is 0 Å². The molecule has 17 heavy (non-hydrogen) atoms. The fraction of sp³-hybridized carbons (Fsp3) is 0.250. The van der Waals surface area contributed by atoms with Crippen molar-refractivity contribution in [3.05, 3.63) is 29.1 Å². The largest absolute Gasteiger partial charge is 0.418 e. The van der Waals surface area contributed by atoms with E-state index in [0.29, 0.717) is 0 Å². The van der Waals surface area contributed by atoms with Gasteiger partial charge >= 0.3 is 7.60 Å². The molecule has 9 heteroatoms. The lowest BCUT2D eigenvalue weighted by atomic mass is 10.3. The van der Waals surface area contributed by atoms with Crippen LogP contribution in [0.15, 0.2) is 0 Å². The maximum atomic E-state index is 13.0. The summed E-state index contributed by atoms with van der Waals surface area (Å²) in [6.07, 6.45) is 0. The molecule has 1 aromatic rings. The Kier molecular flexibility index (Phi) is 3.78. The molecule has 0 aliphatic rings. The van der Waals surface area contributed by atoms with Crippen molar-refractivity contribution in [3.8, 4) is 5.75 Å². The Hall–Kier alpha value is -1.14. The molecule has 0 aliphatic carbocycles. The van der Waals surface area contributed by atoms with Gasteiger partial charge in [-0.05, 0) is 0 Å². The topological polar surface area (TPSA) is 35.5 Å². The van der Waals surface area contributed by atoms with Crippen LogP contribution in [-0.2, 0) is 9.09 Å². The first-order chi connectivity index (χ1) is 7.71. The van der Waals surface area contributed by atoms with Crippen molar-refractivity contribution in [3.63, 3.8) is 0 Å².